The Morgan fingerprint density at radius 1 is 1.41 bits per heavy atom. The lowest BCUT2D eigenvalue weighted by molar-refractivity contribution is 0.176. The second-order valence-corrected chi connectivity index (χ2v) is 4.76. The van der Waals surface area contributed by atoms with Crippen LogP contribution in [0.4, 0.5) is 10.5 Å². The number of likely N-dealkylation sites (tertiary alicyclic amines) is 1. The highest BCUT2D eigenvalue weighted by molar-refractivity contribution is 6.42. The van der Waals surface area contributed by atoms with E-state index in [1.165, 1.54) is 0 Å². The minimum Gasteiger partial charge on any atom is -0.391 e. The average Bonchev–Trinajstić information content (AvgIpc) is 2.70. The molecule has 2 rings (SSSR count). The standard InChI is InChI=1S/C11H12Cl2N2O2/c12-9-2-1-7(5-10(9)13)14-11(17)15-4-3-8(16)6-15/h1-2,5,8,16H,3-4,6H2,(H,14,17)/t8-/m1/s1. The Labute approximate surface area is 109 Å². The zero-order chi connectivity index (χ0) is 12.4. The van der Waals surface area contributed by atoms with Crippen LogP contribution in [-0.2, 0) is 0 Å². The van der Waals surface area contributed by atoms with Crippen LogP contribution in [0.25, 0.3) is 0 Å². The molecule has 6 heteroatoms. The molecule has 2 N–H and O–H groups in total. The molecule has 1 atom stereocenters. The van der Waals surface area contributed by atoms with Crippen molar-refractivity contribution in [3.63, 3.8) is 0 Å². The smallest absolute Gasteiger partial charge is 0.321 e. The first-order valence-electron chi connectivity index (χ1n) is 5.25. The van der Waals surface area contributed by atoms with Crippen molar-refractivity contribution in [2.75, 3.05) is 18.4 Å². The van der Waals surface area contributed by atoms with Crippen molar-refractivity contribution >= 4 is 34.9 Å². The van der Waals surface area contributed by atoms with E-state index in [4.69, 9.17) is 23.2 Å². The van der Waals surface area contributed by atoms with Gasteiger partial charge in [-0.2, -0.15) is 0 Å². The summed E-state index contributed by atoms with van der Waals surface area (Å²) in [6.45, 7) is 0.932. The lowest BCUT2D eigenvalue weighted by Gasteiger charge is -2.16. The second kappa shape index (κ2) is 5.12. The fourth-order valence-electron chi connectivity index (χ4n) is 1.70. The van der Waals surface area contributed by atoms with Crippen LogP contribution in [-0.4, -0.2) is 35.2 Å². The van der Waals surface area contributed by atoms with Gasteiger partial charge in [0.15, 0.2) is 0 Å². The molecule has 1 aromatic rings. The molecule has 1 aliphatic heterocycles. The van der Waals surface area contributed by atoms with Gasteiger partial charge in [-0.1, -0.05) is 23.2 Å². The summed E-state index contributed by atoms with van der Waals surface area (Å²) >= 11 is 11.6. The van der Waals surface area contributed by atoms with Gasteiger partial charge in [-0.3, -0.25) is 0 Å². The molecule has 0 aromatic heterocycles. The Balaban J connectivity index is 2.00. The molecule has 2 amide bonds. The fourth-order valence-corrected chi connectivity index (χ4v) is 2.00. The number of urea groups is 1. The minimum atomic E-state index is -0.422. The number of aliphatic hydroxyl groups excluding tert-OH is 1. The monoisotopic (exact) mass is 274 g/mol. The summed E-state index contributed by atoms with van der Waals surface area (Å²) in [4.78, 5) is 13.3. The number of hydrogen-bond donors (Lipinski definition) is 2. The number of nitrogens with one attached hydrogen (secondary N) is 1. The SMILES string of the molecule is O=C(Nc1ccc(Cl)c(Cl)c1)N1CC[C@@H](O)C1. The van der Waals surface area contributed by atoms with E-state index >= 15 is 0 Å². The van der Waals surface area contributed by atoms with Crippen LogP contribution in [0.3, 0.4) is 0 Å². The molecule has 0 radical (unpaired) electrons. The van der Waals surface area contributed by atoms with Crippen LogP contribution >= 0.6 is 23.2 Å². The first kappa shape index (κ1) is 12.5. The maximum atomic E-state index is 11.8. The maximum absolute atomic E-state index is 11.8. The molecular weight excluding hydrogens is 263 g/mol. The normalized spacial score (nSPS) is 19.5. The third-order valence-electron chi connectivity index (χ3n) is 2.62. The first-order chi connectivity index (χ1) is 8.06. The molecule has 0 unspecified atom stereocenters. The predicted octanol–water partition coefficient (Wildman–Crippen LogP) is 2.59. The van der Waals surface area contributed by atoms with E-state index in [2.05, 4.69) is 5.32 Å². The Morgan fingerprint density at radius 2 is 2.18 bits per heavy atom. The van der Waals surface area contributed by atoms with Gasteiger partial charge in [-0.15, -0.1) is 0 Å². The lowest BCUT2D eigenvalue weighted by Crippen LogP contribution is -2.33. The Bertz CT molecular complexity index is 439. The molecule has 1 saturated heterocycles. The van der Waals surface area contributed by atoms with Crippen molar-refractivity contribution in [3.8, 4) is 0 Å². The zero-order valence-corrected chi connectivity index (χ0v) is 10.5. The summed E-state index contributed by atoms with van der Waals surface area (Å²) in [6.07, 6.45) is 0.198. The van der Waals surface area contributed by atoms with E-state index in [0.717, 1.165) is 0 Å². The van der Waals surface area contributed by atoms with Gasteiger partial charge < -0.3 is 15.3 Å². The predicted molar refractivity (Wildman–Crippen MR) is 67.7 cm³/mol. The summed E-state index contributed by atoms with van der Waals surface area (Å²) in [5.74, 6) is 0. The Kier molecular flexibility index (Phi) is 3.76. The number of β-amino-alcohol motifs (C(OH)–C–C–N with tert-alkyl or cyclic N) is 1. The van der Waals surface area contributed by atoms with Crippen LogP contribution in [0.5, 0.6) is 0 Å². The van der Waals surface area contributed by atoms with Gasteiger partial charge in [0.2, 0.25) is 0 Å². The maximum Gasteiger partial charge on any atom is 0.321 e. The zero-order valence-electron chi connectivity index (χ0n) is 8.99. The van der Waals surface area contributed by atoms with E-state index in [0.29, 0.717) is 35.2 Å². The molecule has 0 aliphatic carbocycles. The second-order valence-electron chi connectivity index (χ2n) is 3.95. The van der Waals surface area contributed by atoms with Crippen LogP contribution in [0, 0.1) is 0 Å². The molecule has 92 valence electrons. The summed E-state index contributed by atoms with van der Waals surface area (Å²) < 4.78 is 0. The van der Waals surface area contributed by atoms with Gasteiger partial charge in [0, 0.05) is 18.8 Å². The van der Waals surface area contributed by atoms with Gasteiger partial charge in [-0.25, -0.2) is 4.79 Å². The number of aliphatic hydroxyl groups is 1. The van der Waals surface area contributed by atoms with Gasteiger partial charge in [0.1, 0.15) is 0 Å². The minimum absolute atomic E-state index is 0.236. The van der Waals surface area contributed by atoms with Crippen molar-refractivity contribution in [1.82, 2.24) is 4.90 Å². The fraction of sp³-hybridized carbons (Fsp3) is 0.364. The van der Waals surface area contributed by atoms with E-state index in [9.17, 15) is 9.90 Å². The number of anilines is 1. The van der Waals surface area contributed by atoms with Crippen molar-refractivity contribution in [3.05, 3.63) is 28.2 Å². The molecule has 1 aromatic carbocycles. The van der Waals surface area contributed by atoms with Crippen molar-refractivity contribution in [1.29, 1.82) is 0 Å². The number of carbonyl (C=O) groups excluding carboxylic acids is 1. The topological polar surface area (TPSA) is 52.6 Å². The number of rotatable bonds is 1. The van der Waals surface area contributed by atoms with Gasteiger partial charge >= 0.3 is 6.03 Å². The summed E-state index contributed by atoms with van der Waals surface area (Å²) in [7, 11) is 0. The first-order valence-corrected chi connectivity index (χ1v) is 6.01. The van der Waals surface area contributed by atoms with E-state index < -0.39 is 6.10 Å². The number of carbonyl (C=O) groups is 1. The molecule has 0 saturated carbocycles. The molecule has 1 fully saturated rings. The highest BCUT2D eigenvalue weighted by Crippen LogP contribution is 2.25. The molecule has 0 bridgehead atoms. The highest BCUT2D eigenvalue weighted by atomic mass is 35.5. The summed E-state index contributed by atoms with van der Waals surface area (Å²) in [5.41, 5.74) is 0.589. The van der Waals surface area contributed by atoms with Gasteiger partial charge in [0.25, 0.3) is 0 Å². The van der Waals surface area contributed by atoms with Crippen LogP contribution in [0.2, 0.25) is 10.0 Å². The molecule has 1 heterocycles. The largest absolute Gasteiger partial charge is 0.391 e. The van der Waals surface area contributed by atoms with Crippen molar-refractivity contribution in [2.24, 2.45) is 0 Å². The lowest BCUT2D eigenvalue weighted by atomic mass is 10.3. The molecule has 1 aliphatic rings. The highest BCUT2D eigenvalue weighted by Gasteiger charge is 2.24. The quantitative estimate of drug-likeness (QED) is 0.827. The van der Waals surface area contributed by atoms with E-state index in [-0.39, 0.29) is 6.03 Å². The molecule has 4 nitrogen and oxygen atoms in total. The van der Waals surface area contributed by atoms with E-state index in [1.54, 1.807) is 23.1 Å². The van der Waals surface area contributed by atoms with Crippen LogP contribution < -0.4 is 5.32 Å². The number of hydrogen-bond acceptors (Lipinski definition) is 2. The number of amides is 2. The Morgan fingerprint density at radius 3 is 2.76 bits per heavy atom. The summed E-state index contributed by atoms with van der Waals surface area (Å²) in [6, 6.07) is 4.66. The Hall–Kier alpha value is -0.970. The van der Waals surface area contributed by atoms with Crippen LogP contribution in [0.15, 0.2) is 18.2 Å². The van der Waals surface area contributed by atoms with Crippen molar-refractivity contribution < 1.29 is 9.90 Å². The number of halogens is 2. The van der Waals surface area contributed by atoms with E-state index in [1.807, 2.05) is 0 Å². The van der Waals surface area contributed by atoms with Gasteiger partial charge in [-0.05, 0) is 24.6 Å². The van der Waals surface area contributed by atoms with Gasteiger partial charge in [0.05, 0.1) is 16.1 Å². The molecule has 0 spiro atoms. The average molecular weight is 275 g/mol. The number of nitrogens with zero attached hydrogens (tertiary/aromatic N) is 1. The third-order valence-corrected chi connectivity index (χ3v) is 3.36. The molecule has 17 heavy (non-hydrogen) atoms. The third kappa shape index (κ3) is 3.03. The van der Waals surface area contributed by atoms with Crippen LogP contribution in [0.1, 0.15) is 6.42 Å². The molecular formula is C11H12Cl2N2O2. The number of benzene rings is 1. The van der Waals surface area contributed by atoms with Crippen molar-refractivity contribution in [2.45, 2.75) is 12.5 Å². The summed E-state index contributed by atoms with van der Waals surface area (Å²) in [5, 5.41) is 12.9.